The van der Waals surface area contributed by atoms with Gasteiger partial charge in [0, 0.05) is 37.5 Å². The van der Waals surface area contributed by atoms with Crippen LogP contribution in [0.1, 0.15) is 25.2 Å². The van der Waals surface area contributed by atoms with Crippen molar-refractivity contribution in [2.75, 3.05) is 19.0 Å². The van der Waals surface area contributed by atoms with Crippen molar-refractivity contribution in [2.45, 2.75) is 33.0 Å². The van der Waals surface area contributed by atoms with E-state index in [1.165, 1.54) is 0 Å². The fourth-order valence-electron chi connectivity index (χ4n) is 1.96. The SMILES string of the molecule is CC(C)NCc1occc1COc1cccc(N(C)C)c1. The van der Waals surface area contributed by atoms with Gasteiger partial charge in [-0.05, 0) is 18.2 Å². The highest BCUT2D eigenvalue weighted by atomic mass is 16.5. The molecule has 0 aliphatic carbocycles. The highest BCUT2D eigenvalue weighted by molar-refractivity contribution is 5.49. The minimum atomic E-state index is 0.431. The quantitative estimate of drug-likeness (QED) is 0.847. The van der Waals surface area contributed by atoms with Crippen LogP contribution < -0.4 is 15.0 Å². The van der Waals surface area contributed by atoms with Gasteiger partial charge >= 0.3 is 0 Å². The fraction of sp³-hybridized carbons (Fsp3) is 0.412. The molecule has 1 aromatic heterocycles. The molecule has 1 N–H and O–H groups in total. The van der Waals surface area contributed by atoms with E-state index in [9.17, 15) is 0 Å². The maximum Gasteiger partial charge on any atom is 0.124 e. The summed E-state index contributed by atoms with van der Waals surface area (Å²) in [5, 5.41) is 3.35. The van der Waals surface area contributed by atoms with Crippen molar-refractivity contribution in [3.8, 4) is 5.75 Å². The van der Waals surface area contributed by atoms with Crippen molar-refractivity contribution < 1.29 is 9.15 Å². The van der Waals surface area contributed by atoms with Gasteiger partial charge in [-0.2, -0.15) is 0 Å². The lowest BCUT2D eigenvalue weighted by atomic mass is 10.2. The molecule has 2 aromatic rings. The summed E-state index contributed by atoms with van der Waals surface area (Å²) in [6.45, 7) is 5.47. The van der Waals surface area contributed by atoms with E-state index in [0.29, 0.717) is 12.6 Å². The van der Waals surface area contributed by atoms with Crippen molar-refractivity contribution in [2.24, 2.45) is 0 Å². The van der Waals surface area contributed by atoms with E-state index in [-0.39, 0.29) is 0 Å². The maximum atomic E-state index is 5.87. The minimum absolute atomic E-state index is 0.431. The van der Waals surface area contributed by atoms with Gasteiger partial charge in [0.15, 0.2) is 0 Å². The number of furan rings is 1. The Balaban J connectivity index is 1.97. The zero-order valence-electron chi connectivity index (χ0n) is 13.2. The lowest BCUT2D eigenvalue weighted by molar-refractivity contribution is 0.301. The smallest absolute Gasteiger partial charge is 0.124 e. The van der Waals surface area contributed by atoms with Crippen LogP contribution >= 0.6 is 0 Å². The zero-order chi connectivity index (χ0) is 15.2. The number of anilines is 1. The Morgan fingerprint density at radius 2 is 2.05 bits per heavy atom. The Kier molecular flexibility index (Phi) is 5.28. The molecule has 0 fully saturated rings. The van der Waals surface area contributed by atoms with Gasteiger partial charge in [-0.3, -0.25) is 0 Å². The van der Waals surface area contributed by atoms with Gasteiger partial charge in [0.05, 0.1) is 12.8 Å². The summed E-state index contributed by atoms with van der Waals surface area (Å²) in [4.78, 5) is 2.06. The van der Waals surface area contributed by atoms with Crippen LogP contribution in [-0.4, -0.2) is 20.1 Å². The Bertz CT molecular complexity index is 561. The fourth-order valence-corrected chi connectivity index (χ4v) is 1.96. The second kappa shape index (κ2) is 7.18. The molecular formula is C17H24N2O2. The number of hydrogen-bond donors (Lipinski definition) is 1. The monoisotopic (exact) mass is 288 g/mol. The first-order valence-electron chi connectivity index (χ1n) is 7.25. The van der Waals surface area contributed by atoms with E-state index in [1.807, 2.05) is 38.4 Å². The predicted molar refractivity (Wildman–Crippen MR) is 85.8 cm³/mol. The molecule has 0 aliphatic rings. The van der Waals surface area contributed by atoms with Crippen molar-refractivity contribution >= 4 is 5.69 Å². The largest absolute Gasteiger partial charge is 0.489 e. The molecule has 0 radical (unpaired) electrons. The summed E-state index contributed by atoms with van der Waals surface area (Å²) in [6, 6.07) is 10.5. The molecule has 4 heteroatoms. The second-order valence-corrected chi connectivity index (χ2v) is 5.59. The average Bonchev–Trinajstić information content (AvgIpc) is 2.90. The van der Waals surface area contributed by atoms with Crippen LogP contribution in [0.3, 0.4) is 0 Å². The molecule has 2 rings (SSSR count). The second-order valence-electron chi connectivity index (χ2n) is 5.59. The van der Waals surface area contributed by atoms with Crippen LogP contribution in [0.15, 0.2) is 41.0 Å². The first-order valence-corrected chi connectivity index (χ1v) is 7.25. The van der Waals surface area contributed by atoms with Gasteiger partial charge in [0.1, 0.15) is 18.1 Å². The average molecular weight is 288 g/mol. The zero-order valence-corrected chi connectivity index (χ0v) is 13.2. The molecular weight excluding hydrogens is 264 g/mol. The van der Waals surface area contributed by atoms with Gasteiger partial charge in [0.2, 0.25) is 0 Å². The van der Waals surface area contributed by atoms with Crippen LogP contribution in [-0.2, 0) is 13.2 Å². The molecule has 0 saturated carbocycles. The number of hydrogen-bond acceptors (Lipinski definition) is 4. The standard InChI is InChI=1S/C17H24N2O2/c1-13(2)18-11-17-14(8-9-20-17)12-21-16-7-5-6-15(10-16)19(3)4/h5-10,13,18H,11-12H2,1-4H3. The Morgan fingerprint density at radius 1 is 1.24 bits per heavy atom. The normalized spacial score (nSPS) is 10.9. The highest BCUT2D eigenvalue weighted by Gasteiger charge is 2.08. The summed E-state index contributed by atoms with van der Waals surface area (Å²) >= 11 is 0. The van der Waals surface area contributed by atoms with Gasteiger partial charge < -0.3 is 19.4 Å². The Labute approximate surface area is 126 Å². The van der Waals surface area contributed by atoms with E-state index in [4.69, 9.17) is 9.15 Å². The third-order valence-electron chi connectivity index (χ3n) is 3.24. The molecule has 0 bridgehead atoms. The van der Waals surface area contributed by atoms with E-state index in [1.54, 1.807) is 6.26 Å². The first kappa shape index (κ1) is 15.4. The van der Waals surface area contributed by atoms with Crippen LogP contribution in [0.5, 0.6) is 5.75 Å². The molecule has 0 unspecified atom stereocenters. The summed E-state index contributed by atoms with van der Waals surface area (Å²) < 4.78 is 11.4. The van der Waals surface area contributed by atoms with Gasteiger partial charge in [-0.15, -0.1) is 0 Å². The Hall–Kier alpha value is -1.94. The van der Waals surface area contributed by atoms with Crippen LogP contribution in [0.25, 0.3) is 0 Å². The third-order valence-corrected chi connectivity index (χ3v) is 3.24. The van der Waals surface area contributed by atoms with Crippen molar-refractivity contribution in [1.29, 1.82) is 0 Å². The number of nitrogens with one attached hydrogen (secondary N) is 1. The number of nitrogens with zero attached hydrogens (tertiary/aromatic N) is 1. The van der Waals surface area contributed by atoms with Gasteiger partial charge in [-0.25, -0.2) is 0 Å². The minimum Gasteiger partial charge on any atom is -0.489 e. The van der Waals surface area contributed by atoms with Crippen LogP contribution in [0.4, 0.5) is 5.69 Å². The van der Waals surface area contributed by atoms with E-state index in [2.05, 4.69) is 30.1 Å². The number of benzene rings is 1. The molecule has 1 heterocycles. The van der Waals surface area contributed by atoms with Crippen molar-refractivity contribution in [3.05, 3.63) is 47.9 Å². The molecule has 1 aromatic carbocycles. The van der Waals surface area contributed by atoms with Crippen LogP contribution in [0, 0.1) is 0 Å². The molecule has 0 saturated heterocycles. The Morgan fingerprint density at radius 3 is 2.76 bits per heavy atom. The topological polar surface area (TPSA) is 37.6 Å². The molecule has 21 heavy (non-hydrogen) atoms. The summed E-state index contributed by atoms with van der Waals surface area (Å²) in [6.07, 6.45) is 1.71. The molecule has 0 amide bonds. The molecule has 114 valence electrons. The van der Waals surface area contributed by atoms with E-state index >= 15 is 0 Å². The molecule has 0 atom stereocenters. The van der Waals surface area contributed by atoms with E-state index in [0.717, 1.165) is 29.3 Å². The maximum absolute atomic E-state index is 5.87. The molecule has 0 aliphatic heterocycles. The number of ether oxygens (including phenoxy) is 1. The number of rotatable bonds is 7. The molecule has 0 spiro atoms. The third kappa shape index (κ3) is 4.53. The predicted octanol–water partition coefficient (Wildman–Crippen LogP) is 3.42. The van der Waals surface area contributed by atoms with Gasteiger partial charge in [-0.1, -0.05) is 19.9 Å². The summed E-state index contributed by atoms with van der Waals surface area (Å²) in [5.41, 5.74) is 2.21. The highest BCUT2D eigenvalue weighted by Crippen LogP contribution is 2.21. The molecule has 4 nitrogen and oxygen atoms in total. The summed E-state index contributed by atoms with van der Waals surface area (Å²) in [5.74, 6) is 1.80. The van der Waals surface area contributed by atoms with Crippen molar-refractivity contribution in [3.63, 3.8) is 0 Å². The lowest BCUT2D eigenvalue weighted by Gasteiger charge is -2.14. The lowest BCUT2D eigenvalue weighted by Crippen LogP contribution is -2.22. The summed E-state index contributed by atoms with van der Waals surface area (Å²) in [7, 11) is 4.04. The van der Waals surface area contributed by atoms with Crippen molar-refractivity contribution in [1.82, 2.24) is 5.32 Å². The van der Waals surface area contributed by atoms with Gasteiger partial charge in [0.25, 0.3) is 0 Å². The first-order chi connectivity index (χ1) is 10.1. The van der Waals surface area contributed by atoms with Crippen LogP contribution in [0.2, 0.25) is 0 Å². The van der Waals surface area contributed by atoms with E-state index < -0.39 is 0 Å².